The molecule has 1 amide bonds. The number of hydrogen-bond acceptors (Lipinski definition) is 2. The van der Waals surface area contributed by atoms with Gasteiger partial charge in [0.05, 0.1) is 0 Å². The molecule has 0 aromatic rings. The highest BCUT2D eigenvalue weighted by Gasteiger charge is 2.05. The third kappa shape index (κ3) is 4.95. The zero-order valence-corrected chi connectivity index (χ0v) is 8.64. The predicted octanol–water partition coefficient (Wildman–Crippen LogP) is 1.67. The molecule has 72 valence electrons. The number of allylic oxidation sites excluding steroid dienone is 2. The van der Waals surface area contributed by atoms with E-state index in [9.17, 15) is 4.79 Å². The topological polar surface area (TPSA) is 41.5 Å². The van der Waals surface area contributed by atoms with Gasteiger partial charge in [0.1, 0.15) is 5.71 Å². The van der Waals surface area contributed by atoms with E-state index in [-0.39, 0.29) is 5.91 Å². The number of nitrogens with zero attached hydrogens (tertiary/aromatic N) is 1. The van der Waals surface area contributed by atoms with Crippen LogP contribution in [0.1, 0.15) is 20.8 Å². The van der Waals surface area contributed by atoms with Gasteiger partial charge in [-0.1, -0.05) is 12.2 Å². The molecule has 0 radical (unpaired) electrons. The van der Waals surface area contributed by atoms with Crippen LogP contribution in [0.4, 0.5) is 0 Å². The van der Waals surface area contributed by atoms with E-state index in [4.69, 9.17) is 0 Å². The van der Waals surface area contributed by atoms with Gasteiger partial charge in [-0.15, -0.1) is 0 Å². The number of hydrogen-bond donors (Lipinski definition) is 1. The molecule has 0 bridgehead atoms. The van der Waals surface area contributed by atoms with Crippen LogP contribution in [0.5, 0.6) is 0 Å². The molecular weight excluding hydrogens is 164 g/mol. The fourth-order valence-electron chi connectivity index (χ4n) is 0.756. The largest absolute Gasteiger partial charge is 0.354 e. The van der Waals surface area contributed by atoms with E-state index in [1.54, 1.807) is 20.0 Å². The Balaban J connectivity index is 4.87. The molecule has 0 aliphatic heterocycles. The van der Waals surface area contributed by atoms with Crippen LogP contribution in [-0.2, 0) is 4.79 Å². The van der Waals surface area contributed by atoms with Crippen molar-refractivity contribution in [2.24, 2.45) is 4.99 Å². The lowest BCUT2D eigenvalue weighted by molar-refractivity contribution is -0.114. The van der Waals surface area contributed by atoms with Crippen LogP contribution < -0.4 is 5.32 Å². The molecule has 13 heavy (non-hydrogen) atoms. The molecule has 3 nitrogen and oxygen atoms in total. The van der Waals surface area contributed by atoms with E-state index in [1.807, 2.05) is 13.8 Å². The van der Waals surface area contributed by atoms with Gasteiger partial charge in [0, 0.05) is 12.7 Å². The van der Waals surface area contributed by atoms with Crippen LogP contribution in [0.3, 0.4) is 0 Å². The molecule has 0 aromatic heterocycles. The first kappa shape index (κ1) is 11.6. The van der Waals surface area contributed by atoms with Crippen molar-refractivity contribution in [3.05, 3.63) is 23.9 Å². The van der Waals surface area contributed by atoms with E-state index < -0.39 is 0 Å². The van der Waals surface area contributed by atoms with E-state index >= 15 is 0 Å². The summed E-state index contributed by atoms with van der Waals surface area (Å²) in [6.45, 7) is 9.20. The van der Waals surface area contributed by atoms with E-state index in [0.717, 1.165) is 5.57 Å². The summed E-state index contributed by atoms with van der Waals surface area (Å²) in [7, 11) is 1.58. The number of rotatable bonds is 3. The molecule has 0 heterocycles. The summed E-state index contributed by atoms with van der Waals surface area (Å²) >= 11 is 0. The fourth-order valence-corrected chi connectivity index (χ4v) is 0.756. The molecule has 0 spiro atoms. The zero-order chi connectivity index (χ0) is 10.4. The van der Waals surface area contributed by atoms with Gasteiger partial charge < -0.3 is 5.32 Å². The maximum absolute atomic E-state index is 11.3. The van der Waals surface area contributed by atoms with Crippen LogP contribution in [0.25, 0.3) is 0 Å². The van der Waals surface area contributed by atoms with Crippen LogP contribution in [0, 0.1) is 0 Å². The highest BCUT2D eigenvalue weighted by molar-refractivity contribution is 6.43. The molecule has 3 heteroatoms. The minimum atomic E-state index is -0.191. The Labute approximate surface area is 79.3 Å². The molecule has 0 saturated carbocycles. The van der Waals surface area contributed by atoms with Gasteiger partial charge in [-0.2, -0.15) is 0 Å². The smallest absolute Gasteiger partial charge is 0.269 e. The van der Waals surface area contributed by atoms with Crippen molar-refractivity contribution in [1.29, 1.82) is 0 Å². The molecule has 0 rings (SSSR count). The first-order chi connectivity index (χ1) is 5.97. The summed E-state index contributed by atoms with van der Waals surface area (Å²) in [5, 5.41) is 2.52. The summed E-state index contributed by atoms with van der Waals surface area (Å²) < 4.78 is 0. The number of aliphatic imine (C=N–C) groups is 1. The normalized spacial score (nSPS) is 10.6. The Kier molecular flexibility index (Phi) is 4.74. The molecule has 0 fully saturated rings. The average molecular weight is 180 g/mol. The van der Waals surface area contributed by atoms with Crippen LogP contribution in [0.15, 0.2) is 28.9 Å². The van der Waals surface area contributed by atoms with Crippen molar-refractivity contribution >= 4 is 11.6 Å². The molecular formula is C10H16N2O. The maximum atomic E-state index is 11.3. The van der Waals surface area contributed by atoms with Gasteiger partial charge in [0.25, 0.3) is 5.91 Å². The summed E-state index contributed by atoms with van der Waals surface area (Å²) in [6, 6.07) is 0. The highest BCUT2D eigenvalue weighted by Crippen LogP contribution is 1.96. The highest BCUT2D eigenvalue weighted by atomic mass is 16.1. The first-order valence-electron chi connectivity index (χ1n) is 4.08. The third-order valence-electron chi connectivity index (χ3n) is 1.20. The Morgan fingerprint density at radius 3 is 2.23 bits per heavy atom. The Morgan fingerprint density at radius 1 is 1.38 bits per heavy atom. The Hall–Kier alpha value is -1.38. The van der Waals surface area contributed by atoms with E-state index in [1.165, 1.54) is 0 Å². The van der Waals surface area contributed by atoms with Crippen molar-refractivity contribution in [3.8, 4) is 0 Å². The zero-order valence-electron chi connectivity index (χ0n) is 8.64. The number of carbonyl (C=O) groups excluding carboxylic acids is 1. The molecule has 0 saturated heterocycles. The average Bonchev–Trinajstić information content (AvgIpc) is 2.00. The van der Waals surface area contributed by atoms with Crippen LogP contribution in [0.2, 0.25) is 0 Å². The Morgan fingerprint density at radius 2 is 1.92 bits per heavy atom. The Bertz CT molecular complexity index is 271. The van der Waals surface area contributed by atoms with Crippen LogP contribution >= 0.6 is 0 Å². The summed E-state index contributed by atoms with van der Waals surface area (Å²) in [6.07, 6.45) is 1.73. The predicted molar refractivity (Wildman–Crippen MR) is 55.7 cm³/mol. The summed E-state index contributed by atoms with van der Waals surface area (Å²) in [5.41, 5.74) is 2.05. The molecule has 0 aliphatic carbocycles. The second-order valence-corrected chi connectivity index (χ2v) is 3.03. The van der Waals surface area contributed by atoms with Gasteiger partial charge >= 0.3 is 0 Å². The van der Waals surface area contributed by atoms with Gasteiger partial charge in [0.2, 0.25) is 0 Å². The van der Waals surface area contributed by atoms with E-state index in [2.05, 4.69) is 16.9 Å². The van der Waals surface area contributed by atoms with Crippen molar-refractivity contribution < 1.29 is 4.79 Å². The summed E-state index contributed by atoms with van der Waals surface area (Å²) in [5.74, 6) is -0.191. The summed E-state index contributed by atoms with van der Waals surface area (Å²) in [4.78, 5) is 15.3. The number of nitrogens with one attached hydrogen (secondary N) is 1. The van der Waals surface area contributed by atoms with Crippen molar-refractivity contribution in [1.82, 2.24) is 5.32 Å². The standard InChI is InChI=1S/C10H16N2O/c1-7(2)6-9(10(13)11-5)12-8(3)4/h6H,3H2,1-2,4-5H3,(H,11,13). The molecule has 1 N–H and O–H groups in total. The second kappa shape index (κ2) is 5.30. The van der Waals surface area contributed by atoms with Gasteiger partial charge in [0.15, 0.2) is 0 Å². The number of carbonyl (C=O) groups is 1. The quantitative estimate of drug-likeness (QED) is 0.659. The van der Waals surface area contributed by atoms with E-state index in [0.29, 0.717) is 11.4 Å². The van der Waals surface area contributed by atoms with Crippen molar-refractivity contribution in [3.63, 3.8) is 0 Å². The van der Waals surface area contributed by atoms with Gasteiger partial charge in [-0.25, -0.2) is 4.99 Å². The lowest BCUT2D eigenvalue weighted by Gasteiger charge is -2.00. The minimum absolute atomic E-state index is 0.191. The minimum Gasteiger partial charge on any atom is -0.354 e. The maximum Gasteiger partial charge on any atom is 0.269 e. The SMILES string of the molecule is C=C(C)N=C(C=C(C)C)C(=O)NC. The monoisotopic (exact) mass is 180 g/mol. The van der Waals surface area contributed by atoms with Crippen molar-refractivity contribution in [2.75, 3.05) is 7.05 Å². The fraction of sp³-hybridized carbons (Fsp3) is 0.400. The molecule has 0 aromatic carbocycles. The molecule has 0 aliphatic rings. The lowest BCUT2D eigenvalue weighted by atomic mass is 10.2. The molecule has 0 unspecified atom stereocenters. The van der Waals surface area contributed by atoms with Gasteiger partial charge in [-0.3, -0.25) is 4.79 Å². The second-order valence-electron chi connectivity index (χ2n) is 3.03. The lowest BCUT2D eigenvalue weighted by Crippen LogP contribution is -2.26. The molecule has 0 atom stereocenters. The number of amides is 1. The van der Waals surface area contributed by atoms with Crippen LogP contribution in [-0.4, -0.2) is 18.7 Å². The third-order valence-corrected chi connectivity index (χ3v) is 1.20. The first-order valence-corrected chi connectivity index (χ1v) is 4.08. The van der Waals surface area contributed by atoms with Crippen molar-refractivity contribution in [2.45, 2.75) is 20.8 Å². The van der Waals surface area contributed by atoms with Gasteiger partial charge in [-0.05, 0) is 26.8 Å².